The second-order valence-electron chi connectivity index (χ2n) is 7.69. The highest BCUT2D eigenvalue weighted by atomic mass is 16.1. The van der Waals surface area contributed by atoms with Gasteiger partial charge in [-0.05, 0) is 17.4 Å². The number of aromatic nitrogens is 4. The zero-order chi connectivity index (χ0) is 17.5. The van der Waals surface area contributed by atoms with Crippen LogP contribution in [0.3, 0.4) is 0 Å². The van der Waals surface area contributed by atoms with Crippen molar-refractivity contribution in [2.24, 2.45) is 10.8 Å². The Morgan fingerprint density at radius 3 is 1.65 bits per heavy atom. The number of Topliss-reactive ketones (excluding diaryl/α,β-unsaturated/α-hetero) is 1. The van der Waals surface area contributed by atoms with E-state index in [1.165, 1.54) is 11.9 Å². The Bertz CT molecular complexity index is 598. The highest BCUT2D eigenvalue weighted by Gasteiger charge is 2.22. The van der Waals surface area contributed by atoms with Crippen LogP contribution in [0.1, 0.15) is 57.5 Å². The summed E-state index contributed by atoms with van der Waals surface area (Å²) >= 11 is 0. The number of carbonyl (C=O) groups excluding carboxylic acids is 1. The second kappa shape index (κ2) is 7.90. The minimum absolute atomic E-state index is 0.0723. The van der Waals surface area contributed by atoms with E-state index < -0.39 is 0 Å². The van der Waals surface area contributed by atoms with Gasteiger partial charge in [-0.1, -0.05) is 41.5 Å². The van der Waals surface area contributed by atoms with Crippen LogP contribution < -0.4 is 0 Å². The van der Waals surface area contributed by atoms with Crippen LogP contribution in [0.5, 0.6) is 0 Å². The first-order valence-electron chi connectivity index (χ1n) is 7.63. The monoisotopic (exact) mass is 314 g/mol. The largest absolute Gasteiger partial charge is 0.293 e. The van der Waals surface area contributed by atoms with E-state index in [0.29, 0.717) is 11.0 Å². The smallest absolute Gasteiger partial charge is 0.171 e. The fourth-order valence-corrected chi connectivity index (χ4v) is 1.88. The third-order valence-electron chi connectivity index (χ3n) is 2.85. The van der Waals surface area contributed by atoms with Crippen LogP contribution in [-0.2, 0) is 6.42 Å². The minimum Gasteiger partial charge on any atom is -0.293 e. The van der Waals surface area contributed by atoms with Crippen molar-refractivity contribution in [1.29, 1.82) is 0 Å². The lowest BCUT2D eigenvalue weighted by Crippen LogP contribution is -2.20. The summed E-state index contributed by atoms with van der Waals surface area (Å²) in [5.41, 5.74) is 1.75. The molecule has 124 valence electrons. The van der Waals surface area contributed by atoms with Crippen LogP contribution in [0.25, 0.3) is 0 Å². The summed E-state index contributed by atoms with van der Waals surface area (Å²) in [6, 6.07) is 0. The fourth-order valence-electron chi connectivity index (χ4n) is 1.88. The summed E-state index contributed by atoms with van der Waals surface area (Å²) in [5.74, 6) is 0.0723. The van der Waals surface area contributed by atoms with Gasteiger partial charge in [-0.25, -0.2) is 19.9 Å². The summed E-state index contributed by atoms with van der Waals surface area (Å²) < 4.78 is 0. The van der Waals surface area contributed by atoms with E-state index >= 15 is 0 Å². The summed E-state index contributed by atoms with van der Waals surface area (Å²) in [6.45, 7) is 12.3. The van der Waals surface area contributed by atoms with Gasteiger partial charge < -0.3 is 0 Å². The molecule has 0 aromatic carbocycles. The van der Waals surface area contributed by atoms with Crippen molar-refractivity contribution >= 4 is 5.78 Å². The number of carbonyl (C=O) groups is 1. The lowest BCUT2D eigenvalue weighted by Gasteiger charge is -2.16. The van der Waals surface area contributed by atoms with Crippen molar-refractivity contribution < 1.29 is 4.79 Å². The van der Waals surface area contributed by atoms with Crippen molar-refractivity contribution in [2.45, 2.75) is 48.0 Å². The lowest BCUT2D eigenvalue weighted by atomic mass is 9.88. The lowest BCUT2D eigenvalue weighted by molar-refractivity contribution is 0.0857. The number of hydrogen-bond acceptors (Lipinski definition) is 5. The Hall–Kier alpha value is -2.17. The van der Waals surface area contributed by atoms with E-state index in [9.17, 15) is 4.79 Å². The quantitative estimate of drug-likeness (QED) is 0.789. The summed E-state index contributed by atoms with van der Waals surface area (Å²) in [5, 5.41) is 0. The molecular formula is C18H26N4O. The van der Waals surface area contributed by atoms with Gasteiger partial charge >= 0.3 is 0 Å². The molecule has 0 aliphatic heterocycles. The molecule has 0 N–H and O–H groups in total. The maximum Gasteiger partial charge on any atom is 0.171 e. The first-order chi connectivity index (χ1) is 10.6. The first-order valence-corrected chi connectivity index (χ1v) is 7.63. The van der Waals surface area contributed by atoms with Gasteiger partial charge in [0.1, 0.15) is 12.7 Å². The molecule has 2 aromatic heterocycles. The van der Waals surface area contributed by atoms with Crippen LogP contribution in [0.2, 0.25) is 0 Å². The van der Waals surface area contributed by atoms with E-state index in [1.807, 2.05) is 33.2 Å². The van der Waals surface area contributed by atoms with Gasteiger partial charge in [0.25, 0.3) is 0 Å². The number of nitrogens with zero attached hydrogens (tertiary/aromatic N) is 4. The average molecular weight is 314 g/mol. The van der Waals surface area contributed by atoms with Gasteiger partial charge in [0.15, 0.2) is 5.78 Å². The predicted octanol–water partition coefficient (Wildman–Crippen LogP) is 3.77. The minimum atomic E-state index is -0.356. The van der Waals surface area contributed by atoms with Crippen LogP contribution in [0.4, 0.5) is 0 Å². The molecule has 5 heteroatoms. The molecule has 0 saturated carbocycles. The highest BCUT2D eigenvalue weighted by molar-refractivity contribution is 5.99. The highest BCUT2D eigenvalue weighted by Crippen LogP contribution is 2.19. The summed E-state index contributed by atoms with van der Waals surface area (Å²) in [4.78, 5) is 27.1. The summed E-state index contributed by atoms with van der Waals surface area (Å²) in [6.07, 6.45) is 10.8. The maximum atomic E-state index is 11.6. The van der Waals surface area contributed by atoms with E-state index in [2.05, 4.69) is 40.7 Å². The third kappa shape index (κ3) is 7.58. The zero-order valence-electron chi connectivity index (χ0n) is 14.9. The van der Waals surface area contributed by atoms with Gasteiger partial charge in [-0.15, -0.1) is 0 Å². The Labute approximate surface area is 138 Å². The number of ketones is 1. The van der Waals surface area contributed by atoms with Gasteiger partial charge in [0.2, 0.25) is 0 Å². The Balaban J connectivity index is 0.000000231. The van der Waals surface area contributed by atoms with E-state index in [1.54, 1.807) is 18.7 Å². The van der Waals surface area contributed by atoms with Gasteiger partial charge in [0.05, 0.1) is 5.56 Å². The van der Waals surface area contributed by atoms with E-state index in [-0.39, 0.29) is 11.2 Å². The molecule has 0 amide bonds. The van der Waals surface area contributed by atoms with Crippen molar-refractivity contribution in [3.05, 3.63) is 48.6 Å². The molecule has 0 bridgehead atoms. The Kier molecular flexibility index (Phi) is 6.49. The van der Waals surface area contributed by atoms with E-state index in [4.69, 9.17) is 0 Å². The number of hydrogen-bond donors (Lipinski definition) is 0. The van der Waals surface area contributed by atoms with Gasteiger partial charge in [-0.3, -0.25) is 4.79 Å². The molecule has 23 heavy (non-hydrogen) atoms. The second-order valence-corrected chi connectivity index (χ2v) is 7.69. The van der Waals surface area contributed by atoms with Crippen LogP contribution in [0, 0.1) is 10.8 Å². The third-order valence-corrected chi connectivity index (χ3v) is 2.85. The molecular weight excluding hydrogens is 288 g/mol. The molecule has 0 aliphatic rings. The molecule has 0 spiro atoms. The molecule has 2 rings (SSSR count). The average Bonchev–Trinajstić information content (AvgIpc) is 2.46. The molecule has 0 fully saturated rings. The Morgan fingerprint density at radius 2 is 1.26 bits per heavy atom. The van der Waals surface area contributed by atoms with Gasteiger partial charge in [0, 0.05) is 30.2 Å². The topological polar surface area (TPSA) is 68.6 Å². The molecule has 2 heterocycles. The summed E-state index contributed by atoms with van der Waals surface area (Å²) in [7, 11) is 0. The van der Waals surface area contributed by atoms with Crippen molar-refractivity contribution in [1.82, 2.24) is 19.9 Å². The van der Waals surface area contributed by atoms with Crippen LogP contribution in [-0.4, -0.2) is 25.7 Å². The van der Waals surface area contributed by atoms with Crippen molar-refractivity contribution in [3.63, 3.8) is 0 Å². The fraction of sp³-hybridized carbons (Fsp3) is 0.500. The maximum absolute atomic E-state index is 11.6. The molecule has 5 nitrogen and oxygen atoms in total. The number of rotatable bonds is 2. The van der Waals surface area contributed by atoms with Crippen LogP contribution in [0.15, 0.2) is 37.4 Å². The molecule has 2 aromatic rings. The molecule has 0 atom stereocenters. The Morgan fingerprint density at radius 1 is 0.826 bits per heavy atom. The SMILES string of the molecule is CC(C)(C)C(=O)c1cncnc1.CC(C)(C)Cc1cncnc1. The predicted molar refractivity (Wildman–Crippen MR) is 91.0 cm³/mol. The normalized spacial score (nSPS) is 11.4. The van der Waals surface area contributed by atoms with E-state index in [0.717, 1.165) is 6.42 Å². The molecule has 0 unspecified atom stereocenters. The van der Waals surface area contributed by atoms with Crippen molar-refractivity contribution in [2.75, 3.05) is 0 Å². The standard InChI is InChI=1S/C9H12N2O.C9H14N2/c1-9(2,3)8(12)7-4-10-6-11-5-7;1-9(2,3)4-8-5-10-7-11-6-8/h4-6H,1-3H3;5-7H,4H2,1-3H3. The molecule has 0 aliphatic carbocycles. The molecule has 0 saturated heterocycles. The zero-order valence-corrected chi connectivity index (χ0v) is 14.9. The first kappa shape index (κ1) is 18.9. The van der Waals surface area contributed by atoms with Crippen molar-refractivity contribution in [3.8, 4) is 0 Å². The van der Waals surface area contributed by atoms with Gasteiger partial charge in [-0.2, -0.15) is 0 Å². The molecule has 0 radical (unpaired) electrons. The van der Waals surface area contributed by atoms with Crippen LogP contribution >= 0.6 is 0 Å².